The molecule has 1 saturated carbocycles. The molecular weight excluding hydrogens is 232 g/mol. The summed E-state index contributed by atoms with van der Waals surface area (Å²) in [5.74, 6) is -0.273. The molecule has 3 N–H and O–H groups in total. The number of hydrogen-bond donors (Lipinski definition) is 2. The molecule has 2 rings (SSSR count). The summed E-state index contributed by atoms with van der Waals surface area (Å²) in [6.07, 6.45) is 6.13. The van der Waals surface area contributed by atoms with Crippen molar-refractivity contribution in [1.29, 1.82) is 0 Å². The minimum absolute atomic E-state index is 0.121. The Bertz CT molecular complexity index is 292. The number of likely N-dealkylation sites (N-methyl/N-ethyl adjacent to an activating group) is 1. The summed E-state index contributed by atoms with van der Waals surface area (Å²) in [4.78, 5) is 11.5. The van der Waals surface area contributed by atoms with Gasteiger partial charge in [0.25, 0.3) is 0 Å². The third kappa shape index (κ3) is 3.02. The van der Waals surface area contributed by atoms with Gasteiger partial charge in [-0.25, -0.2) is 0 Å². The summed E-state index contributed by atoms with van der Waals surface area (Å²) in [5.41, 5.74) is 4.89. The smallest absolute Gasteiger partial charge is 0.237 e. The fourth-order valence-electron chi connectivity index (χ4n) is 2.90. The monoisotopic (exact) mass is 256 g/mol. The molecule has 1 amide bonds. The molecule has 18 heavy (non-hydrogen) atoms. The van der Waals surface area contributed by atoms with E-state index < -0.39 is 5.54 Å². The van der Waals surface area contributed by atoms with Crippen molar-refractivity contribution in [3.05, 3.63) is 0 Å². The molecule has 0 aromatic heterocycles. The molecule has 1 heterocycles. The van der Waals surface area contributed by atoms with Crippen LogP contribution in [0.4, 0.5) is 0 Å². The maximum atomic E-state index is 11.5. The molecule has 104 valence electrons. The van der Waals surface area contributed by atoms with Gasteiger partial charge in [-0.1, -0.05) is 0 Å². The van der Waals surface area contributed by atoms with E-state index in [0.717, 1.165) is 32.3 Å². The first-order chi connectivity index (χ1) is 8.66. The van der Waals surface area contributed by atoms with Crippen LogP contribution in [0.2, 0.25) is 0 Å². The lowest BCUT2D eigenvalue weighted by Crippen LogP contribution is -2.52. The fourth-order valence-corrected chi connectivity index (χ4v) is 2.90. The molecule has 5 heteroatoms. The number of nitrogens with one attached hydrogen (secondary N) is 1. The molecular formula is C13H24N2O3. The van der Waals surface area contributed by atoms with Crippen LogP contribution < -0.4 is 11.1 Å². The van der Waals surface area contributed by atoms with Gasteiger partial charge in [-0.05, 0) is 39.2 Å². The summed E-state index contributed by atoms with van der Waals surface area (Å²) in [6, 6.07) is 0. The van der Waals surface area contributed by atoms with Crippen LogP contribution in [0.1, 0.15) is 38.5 Å². The number of rotatable bonds is 5. The topological polar surface area (TPSA) is 73.6 Å². The maximum Gasteiger partial charge on any atom is 0.237 e. The molecule has 1 aliphatic carbocycles. The first kappa shape index (κ1) is 13.8. The number of carbonyl (C=O) groups is 1. The van der Waals surface area contributed by atoms with Crippen LogP contribution in [-0.4, -0.2) is 43.9 Å². The van der Waals surface area contributed by atoms with Gasteiger partial charge in [-0.15, -0.1) is 0 Å². The number of nitrogens with two attached hydrogens (primary N) is 1. The van der Waals surface area contributed by atoms with Gasteiger partial charge in [0.15, 0.2) is 0 Å². The summed E-state index contributed by atoms with van der Waals surface area (Å²) >= 11 is 0. The van der Waals surface area contributed by atoms with E-state index in [9.17, 15) is 4.79 Å². The molecule has 0 aromatic rings. The number of amides is 1. The molecule has 0 spiro atoms. The van der Waals surface area contributed by atoms with Crippen LogP contribution >= 0.6 is 0 Å². The van der Waals surface area contributed by atoms with Crippen LogP contribution in [0.25, 0.3) is 0 Å². The van der Waals surface area contributed by atoms with Crippen molar-refractivity contribution < 1.29 is 14.3 Å². The van der Waals surface area contributed by atoms with E-state index in [1.807, 2.05) is 0 Å². The average molecular weight is 256 g/mol. The van der Waals surface area contributed by atoms with Crippen LogP contribution in [0.3, 0.4) is 0 Å². The molecule has 0 aromatic carbocycles. The van der Waals surface area contributed by atoms with Crippen molar-refractivity contribution in [2.75, 3.05) is 20.3 Å². The number of primary amides is 1. The van der Waals surface area contributed by atoms with Crippen molar-refractivity contribution in [2.45, 2.75) is 56.3 Å². The highest BCUT2D eigenvalue weighted by atomic mass is 16.5. The minimum Gasteiger partial charge on any atom is -0.376 e. The first-order valence-corrected chi connectivity index (χ1v) is 6.88. The number of ether oxygens (including phenoxy) is 2. The highest BCUT2D eigenvalue weighted by Crippen LogP contribution is 2.31. The SMILES string of the molecule is CNC1(C(N)=O)CCC(OCC2CCCCO2)C1. The lowest BCUT2D eigenvalue weighted by atomic mass is 9.97. The molecule has 2 fully saturated rings. The number of carbonyl (C=O) groups excluding carboxylic acids is 1. The van der Waals surface area contributed by atoms with E-state index in [0.29, 0.717) is 13.0 Å². The summed E-state index contributed by atoms with van der Waals surface area (Å²) < 4.78 is 11.5. The van der Waals surface area contributed by atoms with Gasteiger partial charge in [0.2, 0.25) is 5.91 Å². The quantitative estimate of drug-likeness (QED) is 0.754. The third-order valence-electron chi connectivity index (χ3n) is 4.21. The van der Waals surface area contributed by atoms with Gasteiger partial charge in [0.05, 0.1) is 24.4 Å². The standard InChI is InChI=1S/C13H24N2O3/c1-15-13(12(14)16)6-5-10(8-13)18-9-11-4-2-3-7-17-11/h10-11,15H,2-9H2,1H3,(H2,14,16). The zero-order chi connectivity index (χ0) is 13.0. The van der Waals surface area contributed by atoms with Crippen molar-refractivity contribution in [3.63, 3.8) is 0 Å². The summed E-state index contributed by atoms with van der Waals surface area (Å²) in [6.45, 7) is 1.49. The second-order valence-corrected chi connectivity index (χ2v) is 5.38. The molecule has 1 saturated heterocycles. The van der Waals surface area contributed by atoms with Crippen molar-refractivity contribution in [1.82, 2.24) is 5.32 Å². The van der Waals surface area contributed by atoms with Gasteiger partial charge in [-0.2, -0.15) is 0 Å². The Morgan fingerprint density at radius 2 is 2.33 bits per heavy atom. The Hall–Kier alpha value is -0.650. The second kappa shape index (κ2) is 5.99. The van der Waals surface area contributed by atoms with Crippen molar-refractivity contribution >= 4 is 5.91 Å². The lowest BCUT2D eigenvalue weighted by Gasteiger charge is -2.26. The van der Waals surface area contributed by atoms with E-state index in [4.69, 9.17) is 15.2 Å². The summed E-state index contributed by atoms with van der Waals surface area (Å²) in [7, 11) is 1.79. The molecule has 2 aliphatic rings. The van der Waals surface area contributed by atoms with E-state index >= 15 is 0 Å². The predicted molar refractivity (Wildman–Crippen MR) is 68.2 cm³/mol. The van der Waals surface area contributed by atoms with Crippen molar-refractivity contribution in [2.24, 2.45) is 5.73 Å². The Morgan fingerprint density at radius 3 is 2.89 bits per heavy atom. The zero-order valence-electron chi connectivity index (χ0n) is 11.1. The number of hydrogen-bond acceptors (Lipinski definition) is 4. The molecule has 3 unspecified atom stereocenters. The largest absolute Gasteiger partial charge is 0.376 e. The Balaban J connectivity index is 1.76. The third-order valence-corrected chi connectivity index (χ3v) is 4.21. The predicted octanol–water partition coefficient (Wildman–Crippen LogP) is 0.568. The first-order valence-electron chi connectivity index (χ1n) is 6.88. The van der Waals surface area contributed by atoms with Gasteiger partial charge in [0.1, 0.15) is 0 Å². The van der Waals surface area contributed by atoms with Crippen LogP contribution in [0.15, 0.2) is 0 Å². The maximum absolute atomic E-state index is 11.5. The van der Waals surface area contributed by atoms with Crippen LogP contribution in [0, 0.1) is 0 Å². The second-order valence-electron chi connectivity index (χ2n) is 5.38. The van der Waals surface area contributed by atoms with Crippen molar-refractivity contribution in [3.8, 4) is 0 Å². The van der Waals surface area contributed by atoms with E-state index in [-0.39, 0.29) is 18.1 Å². The molecule has 0 radical (unpaired) electrons. The van der Waals surface area contributed by atoms with E-state index in [1.54, 1.807) is 7.05 Å². The molecule has 3 atom stereocenters. The van der Waals surface area contributed by atoms with Gasteiger partial charge in [0, 0.05) is 13.0 Å². The average Bonchev–Trinajstić information content (AvgIpc) is 2.83. The molecule has 0 bridgehead atoms. The highest BCUT2D eigenvalue weighted by Gasteiger charge is 2.43. The Morgan fingerprint density at radius 1 is 1.50 bits per heavy atom. The van der Waals surface area contributed by atoms with Gasteiger partial charge >= 0.3 is 0 Å². The molecule has 5 nitrogen and oxygen atoms in total. The highest BCUT2D eigenvalue weighted by molar-refractivity contribution is 5.85. The fraction of sp³-hybridized carbons (Fsp3) is 0.923. The normalized spacial score (nSPS) is 36.7. The van der Waals surface area contributed by atoms with Crippen LogP contribution in [0.5, 0.6) is 0 Å². The van der Waals surface area contributed by atoms with E-state index in [2.05, 4.69) is 5.32 Å². The minimum atomic E-state index is -0.571. The summed E-state index contributed by atoms with van der Waals surface area (Å²) in [5, 5.41) is 3.06. The van der Waals surface area contributed by atoms with Gasteiger partial charge < -0.3 is 20.5 Å². The van der Waals surface area contributed by atoms with Crippen LogP contribution in [-0.2, 0) is 14.3 Å². The van der Waals surface area contributed by atoms with E-state index in [1.165, 1.54) is 6.42 Å². The molecule has 1 aliphatic heterocycles. The van der Waals surface area contributed by atoms with Gasteiger partial charge in [-0.3, -0.25) is 4.79 Å². The zero-order valence-corrected chi connectivity index (χ0v) is 11.1. The Labute approximate surface area is 108 Å². The lowest BCUT2D eigenvalue weighted by molar-refractivity contribution is -0.124. The Kier molecular flexibility index (Phi) is 4.59.